The second kappa shape index (κ2) is 7.33. The third-order valence-electron chi connectivity index (χ3n) is 1.82. The topological polar surface area (TPSA) is 24.1 Å². The summed E-state index contributed by atoms with van der Waals surface area (Å²) in [5, 5.41) is 6.25. The second-order valence-corrected chi connectivity index (χ2v) is 5.64. The second-order valence-electron chi connectivity index (χ2n) is 3.09. The van der Waals surface area contributed by atoms with E-state index >= 15 is 0 Å². The molecule has 1 aromatic carbocycles. The van der Waals surface area contributed by atoms with Gasteiger partial charge in [0, 0.05) is 13.1 Å². The van der Waals surface area contributed by atoms with Crippen LogP contribution in [0.2, 0.25) is 0 Å². The van der Waals surface area contributed by atoms with E-state index in [1.807, 2.05) is 24.3 Å². The summed E-state index contributed by atoms with van der Waals surface area (Å²) in [6.45, 7) is 0.958. The molecule has 2 N–H and O–H groups in total. The van der Waals surface area contributed by atoms with Crippen LogP contribution in [-0.2, 0) is 0 Å². The first-order valence-corrected chi connectivity index (χ1v) is 6.47. The molecule has 0 spiro atoms. The average molecular weight is 302 g/mol. The maximum atomic E-state index is 5.65. The molecule has 0 aromatic heterocycles. The van der Waals surface area contributed by atoms with E-state index in [2.05, 4.69) is 10.6 Å². The molecule has 0 amide bonds. The van der Waals surface area contributed by atoms with Crippen LogP contribution in [-0.4, -0.2) is 22.8 Å². The Morgan fingerprint density at radius 1 is 0.812 bits per heavy atom. The molecule has 0 aliphatic heterocycles. The molecule has 0 saturated carbocycles. The summed E-state index contributed by atoms with van der Waals surface area (Å²) < 4.78 is 0. The van der Waals surface area contributed by atoms with E-state index in [0.29, 0.717) is 13.1 Å². The lowest BCUT2D eigenvalue weighted by Gasteiger charge is -2.14. The van der Waals surface area contributed by atoms with Crippen molar-refractivity contribution >= 4 is 57.8 Å². The molecule has 2 nitrogen and oxygen atoms in total. The molecule has 0 bridgehead atoms. The predicted molar refractivity (Wildman–Crippen MR) is 74.4 cm³/mol. The van der Waals surface area contributed by atoms with Gasteiger partial charge in [-0.2, -0.15) is 0 Å². The van der Waals surface area contributed by atoms with Crippen molar-refractivity contribution in [3.63, 3.8) is 0 Å². The molecule has 1 rings (SSSR count). The highest BCUT2D eigenvalue weighted by molar-refractivity contribution is 6.45. The zero-order chi connectivity index (χ0) is 12.0. The lowest BCUT2D eigenvalue weighted by atomic mass is 10.2. The zero-order valence-electron chi connectivity index (χ0n) is 8.39. The van der Waals surface area contributed by atoms with Gasteiger partial charge in [0.2, 0.25) is 0 Å². The van der Waals surface area contributed by atoms with Crippen LogP contribution >= 0.6 is 46.4 Å². The summed E-state index contributed by atoms with van der Waals surface area (Å²) >= 11 is 22.6. The van der Waals surface area contributed by atoms with Crippen LogP contribution in [0.3, 0.4) is 0 Å². The maximum Gasteiger partial charge on any atom is 0.124 e. The van der Waals surface area contributed by atoms with Crippen LogP contribution < -0.4 is 10.6 Å². The van der Waals surface area contributed by atoms with E-state index in [4.69, 9.17) is 46.4 Å². The van der Waals surface area contributed by atoms with E-state index < -0.39 is 9.67 Å². The minimum Gasteiger partial charge on any atom is -0.381 e. The van der Waals surface area contributed by atoms with E-state index in [1.165, 1.54) is 0 Å². The van der Waals surface area contributed by atoms with Gasteiger partial charge in [-0.05, 0) is 12.1 Å². The fourth-order valence-electron chi connectivity index (χ4n) is 1.17. The first-order valence-electron chi connectivity index (χ1n) is 4.72. The molecule has 1 aromatic rings. The number of nitrogens with one attached hydrogen (secondary N) is 2. The number of anilines is 2. The lowest BCUT2D eigenvalue weighted by molar-refractivity contribution is 1.13. The SMILES string of the molecule is ClC(Cl)CNc1ccccc1NCC(Cl)Cl. The molecule has 0 fully saturated rings. The molecule has 90 valence electrons. The van der Waals surface area contributed by atoms with Gasteiger partial charge in [0.25, 0.3) is 0 Å². The number of rotatable bonds is 6. The summed E-state index contributed by atoms with van der Waals surface area (Å²) in [6.07, 6.45) is 0. The minimum atomic E-state index is -0.443. The Morgan fingerprint density at radius 3 is 1.50 bits per heavy atom. The summed E-state index contributed by atoms with van der Waals surface area (Å²) in [5.41, 5.74) is 1.84. The Balaban J connectivity index is 2.60. The van der Waals surface area contributed by atoms with Crippen molar-refractivity contribution in [1.82, 2.24) is 0 Å². The Hall–Kier alpha value is -0.0200. The Morgan fingerprint density at radius 2 is 1.19 bits per heavy atom. The van der Waals surface area contributed by atoms with Gasteiger partial charge in [-0.3, -0.25) is 0 Å². The van der Waals surface area contributed by atoms with Gasteiger partial charge in [-0.25, -0.2) is 0 Å². The molecular weight excluding hydrogens is 290 g/mol. The molecule has 0 heterocycles. The van der Waals surface area contributed by atoms with Crippen LogP contribution in [0.15, 0.2) is 24.3 Å². The van der Waals surface area contributed by atoms with E-state index in [-0.39, 0.29) is 0 Å². The summed E-state index contributed by atoms with van der Waals surface area (Å²) in [6, 6.07) is 7.69. The third-order valence-corrected chi connectivity index (χ3v) is 2.44. The Kier molecular flexibility index (Phi) is 6.44. The van der Waals surface area contributed by atoms with Crippen molar-refractivity contribution in [1.29, 1.82) is 0 Å². The van der Waals surface area contributed by atoms with Crippen molar-refractivity contribution in [2.75, 3.05) is 23.7 Å². The standard InChI is InChI=1S/C10H12Cl4N2/c11-9(12)5-15-7-3-1-2-4-8(7)16-6-10(13)14/h1-4,9-10,15-16H,5-6H2. The molecule has 0 radical (unpaired) electrons. The van der Waals surface area contributed by atoms with Crippen molar-refractivity contribution in [3.05, 3.63) is 24.3 Å². The van der Waals surface area contributed by atoms with Crippen molar-refractivity contribution < 1.29 is 0 Å². The van der Waals surface area contributed by atoms with Crippen LogP contribution in [0.5, 0.6) is 0 Å². The van der Waals surface area contributed by atoms with E-state index in [9.17, 15) is 0 Å². The van der Waals surface area contributed by atoms with Gasteiger partial charge < -0.3 is 10.6 Å². The summed E-state index contributed by atoms with van der Waals surface area (Å²) in [5.74, 6) is 0. The Bertz CT molecular complexity index is 286. The van der Waals surface area contributed by atoms with Gasteiger partial charge in [-0.1, -0.05) is 12.1 Å². The van der Waals surface area contributed by atoms with Crippen LogP contribution in [0.25, 0.3) is 0 Å². The number of hydrogen-bond donors (Lipinski definition) is 2. The Labute approximate surface area is 115 Å². The molecule has 0 unspecified atom stereocenters. The zero-order valence-corrected chi connectivity index (χ0v) is 11.4. The van der Waals surface area contributed by atoms with Gasteiger partial charge in [0.1, 0.15) is 9.67 Å². The smallest absolute Gasteiger partial charge is 0.124 e. The van der Waals surface area contributed by atoms with Crippen LogP contribution in [0.4, 0.5) is 11.4 Å². The van der Waals surface area contributed by atoms with Crippen LogP contribution in [0, 0.1) is 0 Å². The summed E-state index contributed by atoms with van der Waals surface area (Å²) in [7, 11) is 0. The molecule has 0 aliphatic carbocycles. The maximum absolute atomic E-state index is 5.65. The van der Waals surface area contributed by atoms with Gasteiger partial charge in [0.05, 0.1) is 11.4 Å². The van der Waals surface area contributed by atoms with Gasteiger partial charge in [-0.15, -0.1) is 46.4 Å². The highest BCUT2D eigenvalue weighted by atomic mass is 35.5. The lowest BCUT2D eigenvalue weighted by Crippen LogP contribution is -2.13. The molecule has 16 heavy (non-hydrogen) atoms. The van der Waals surface area contributed by atoms with Crippen molar-refractivity contribution in [2.45, 2.75) is 9.67 Å². The predicted octanol–water partition coefficient (Wildman–Crippen LogP) is 4.12. The highest BCUT2D eigenvalue weighted by Gasteiger charge is 2.04. The largest absolute Gasteiger partial charge is 0.381 e. The fraction of sp³-hybridized carbons (Fsp3) is 0.400. The molecule has 0 aliphatic rings. The number of alkyl halides is 4. The number of hydrogen-bond acceptors (Lipinski definition) is 2. The first kappa shape index (κ1) is 14.0. The van der Waals surface area contributed by atoms with E-state index in [1.54, 1.807) is 0 Å². The van der Waals surface area contributed by atoms with Crippen molar-refractivity contribution in [3.8, 4) is 0 Å². The monoisotopic (exact) mass is 300 g/mol. The molecule has 0 atom stereocenters. The molecule has 6 heteroatoms. The third kappa shape index (κ3) is 5.35. The van der Waals surface area contributed by atoms with Crippen molar-refractivity contribution in [2.24, 2.45) is 0 Å². The average Bonchev–Trinajstić information content (AvgIpc) is 2.24. The molecular formula is C10H12Cl4N2. The van der Waals surface area contributed by atoms with Crippen LogP contribution in [0.1, 0.15) is 0 Å². The quantitative estimate of drug-likeness (QED) is 0.773. The van der Waals surface area contributed by atoms with Gasteiger partial charge >= 0.3 is 0 Å². The number of para-hydroxylation sites is 2. The highest BCUT2D eigenvalue weighted by Crippen LogP contribution is 2.22. The normalized spacial score (nSPS) is 10.9. The fourth-order valence-corrected chi connectivity index (χ4v) is 1.47. The number of benzene rings is 1. The molecule has 0 saturated heterocycles. The minimum absolute atomic E-state index is 0.443. The summed E-state index contributed by atoms with van der Waals surface area (Å²) in [4.78, 5) is -0.885. The van der Waals surface area contributed by atoms with E-state index in [0.717, 1.165) is 11.4 Å². The number of halogens is 4. The first-order chi connectivity index (χ1) is 7.59. The van der Waals surface area contributed by atoms with Gasteiger partial charge in [0.15, 0.2) is 0 Å².